The highest BCUT2D eigenvalue weighted by Crippen LogP contribution is 2.26. The topological polar surface area (TPSA) is 35.5 Å². The largest absolute Gasteiger partial charge is 0.497 e. The van der Waals surface area contributed by atoms with Crippen LogP contribution in [-0.4, -0.2) is 20.0 Å². The minimum Gasteiger partial charge on any atom is -0.497 e. The summed E-state index contributed by atoms with van der Waals surface area (Å²) in [5.41, 5.74) is 0.514. The Morgan fingerprint density at radius 2 is 2.00 bits per heavy atom. The normalized spacial score (nSPS) is 10.8. The second-order valence-corrected chi connectivity index (χ2v) is 6.40. The van der Waals surface area contributed by atoms with Gasteiger partial charge in [-0.05, 0) is 52.3 Å². The summed E-state index contributed by atoms with van der Waals surface area (Å²) >= 11 is 4.96. The number of thiophene rings is 1. The van der Waals surface area contributed by atoms with Gasteiger partial charge in [0.1, 0.15) is 11.5 Å². The number of carbonyl (C=O) groups is 1. The number of allylic oxidation sites excluding steroid dienone is 1. The molecule has 0 unspecified atom stereocenters. The first kappa shape index (κ1) is 14.8. The Hall–Kier alpha value is -1.59. The van der Waals surface area contributed by atoms with Crippen LogP contribution in [0.5, 0.6) is 11.5 Å². The van der Waals surface area contributed by atoms with Gasteiger partial charge in [-0.3, -0.25) is 4.79 Å². The van der Waals surface area contributed by atoms with Gasteiger partial charge in [0.25, 0.3) is 0 Å². The molecule has 104 valence electrons. The molecule has 0 aliphatic rings. The summed E-state index contributed by atoms with van der Waals surface area (Å²) in [7, 11) is 3.11. The fourth-order valence-corrected chi connectivity index (χ4v) is 2.99. The van der Waals surface area contributed by atoms with E-state index in [4.69, 9.17) is 9.47 Å². The molecule has 0 saturated heterocycles. The van der Waals surface area contributed by atoms with Crippen LogP contribution in [0.2, 0.25) is 0 Å². The van der Waals surface area contributed by atoms with Crippen molar-refractivity contribution in [3.63, 3.8) is 0 Å². The highest BCUT2D eigenvalue weighted by molar-refractivity contribution is 9.11. The van der Waals surface area contributed by atoms with Crippen LogP contribution in [0.15, 0.2) is 40.2 Å². The number of halogens is 1. The maximum absolute atomic E-state index is 12.2. The van der Waals surface area contributed by atoms with Crippen molar-refractivity contribution < 1.29 is 14.3 Å². The molecule has 0 spiro atoms. The molecule has 0 saturated carbocycles. The van der Waals surface area contributed by atoms with Gasteiger partial charge in [0, 0.05) is 10.9 Å². The lowest BCUT2D eigenvalue weighted by molar-refractivity contribution is 0.104. The molecule has 5 heteroatoms. The summed E-state index contributed by atoms with van der Waals surface area (Å²) in [6.45, 7) is 0. The maximum Gasteiger partial charge on any atom is 0.189 e. The quantitative estimate of drug-likeness (QED) is 0.590. The van der Waals surface area contributed by atoms with Crippen LogP contribution >= 0.6 is 27.3 Å². The molecule has 2 aromatic rings. The predicted molar refractivity (Wildman–Crippen MR) is 84.9 cm³/mol. The van der Waals surface area contributed by atoms with Gasteiger partial charge in [-0.15, -0.1) is 11.3 Å². The summed E-state index contributed by atoms with van der Waals surface area (Å²) in [6, 6.07) is 9.04. The van der Waals surface area contributed by atoms with Crippen LogP contribution in [0.3, 0.4) is 0 Å². The molecule has 0 N–H and O–H groups in total. The van der Waals surface area contributed by atoms with Gasteiger partial charge in [0.15, 0.2) is 5.78 Å². The average molecular weight is 353 g/mol. The highest BCUT2D eigenvalue weighted by Gasteiger charge is 2.10. The molecule has 3 nitrogen and oxygen atoms in total. The second kappa shape index (κ2) is 6.72. The van der Waals surface area contributed by atoms with E-state index in [1.54, 1.807) is 48.8 Å². The predicted octanol–water partition coefficient (Wildman–Crippen LogP) is 4.42. The lowest BCUT2D eigenvalue weighted by Gasteiger charge is -2.07. The third kappa shape index (κ3) is 3.49. The smallest absolute Gasteiger partial charge is 0.189 e. The number of rotatable bonds is 5. The van der Waals surface area contributed by atoms with Crippen LogP contribution in [0.1, 0.15) is 15.2 Å². The van der Waals surface area contributed by atoms with E-state index in [-0.39, 0.29) is 5.78 Å². The molecule has 0 atom stereocenters. The molecule has 2 rings (SSSR count). The van der Waals surface area contributed by atoms with Gasteiger partial charge in [0.2, 0.25) is 0 Å². The summed E-state index contributed by atoms with van der Waals surface area (Å²) in [5.74, 6) is 1.06. The van der Waals surface area contributed by atoms with Crippen molar-refractivity contribution in [3.05, 3.63) is 50.6 Å². The van der Waals surface area contributed by atoms with Crippen molar-refractivity contribution in [3.8, 4) is 11.5 Å². The van der Waals surface area contributed by atoms with E-state index < -0.39 is 0 Å². The van der Waals surface area contributed by atoms with Crippen molar-refractivity contribution in [1.82, 2.24) is 0 Å². The first-order chi connectivity index (χ1) is 9.63. The molecule has 0 bridgehead atoms. The van der Waals surface area contributed by atoms with E-state index in [2.05, 4.69) is 15.9 Å². The van der Waals surface area contributed by atoms with E-state index in [0.29, 0.717) is 17.1 Å². The van der Waals surface area contributed by atoms with Gasteiger partial charge < -0.3 is 9.47 Å². The number of ketones is 1. The van der Waals surface area contributed by atoms with Crippen LogP contribution in [0, 0.1) is 0 Å². The van der Waals surface area contributed by atoms with Crippen molar-refractivity contribution >= 4 is 39.1 Å². The molecule has 1 heterocycles. The minimum atomic E-state index is -0.103. The molecule has 0 fully saturated rings. The summed E-state index contributed by atoms with van der Waals surface area (Å²) in [6.07, 6.45) is 3.34. The molecule has 0 amide bonds. The van der Waals surface area contributed by atoms with Crippen molar-refractivity contribution in [1.29, 1.82) is 0 Å². The lowest BCUT2D eigenvalue weighted by atomic mass is 10.1. The number of ether oxygens (including phenoxy) is 2. The Morgan fingerprint density at radius 3 is 2.60 bits per heavy atom. The zero-order chi connectivity index (χ0) is 14.5. The Bertz CT molecular complexity index is 646. The number of carbonyl (C=O) groups excluding carboxylic acids is 1. The van der Waals surface area contributed by atoms with E-state index in [9.17, 15) is 4.79 Å². The highest BCUT2D eigenvalue weighted by atomic mass is 79.9. The fourth-order valence-electron chi connectivity index (χ4n) is 1.67. The molecule has 1 aromatic carbocycles. The third-order valence-electron chi connectivity index (χ3n) is 2.67. The van der Waals surface area contributed by atoms with Crippen LogP contribution in [0.4, 0.5) is 0 Å². The van der Waals surface area contributed by atoms with Crippen LogP contribution in [-0.2, 0) is 0 Å². The number of methoxy groups -OCH3 is 2. The third-order valence-corrected chi connectivity index (χ3v) is 4.26. The monoisotopic (exact) mass is 352 g/mol. The molecule has 20 heavy (non-hydrogen) atoms. The molecule has 1 aromatic heterocycles. The fraction of sp³-hybridized carbons (Fsp3) is 0.133. The SMILES string of the molecule is COc1ccc(C(=O)/C=C/c2ccc(Br)s2)c(OC)c1. The van der Waals surface area contributed by atoms with Crippen molar-refractivity contribution in [2.45, 2.75) is 0 Å². The second-order valence-electron chi connectivity index (χ2n) is 3.91. The zero-order valence-electron chi connectivity index (χ0n) is 11.1. The number of hydrogen-bond donors (Lipinski definition) is 0. The maximum atomic E-state index is 12.2. The van der Waals surface area contributed by atoms with E-state index >= 15 is 0 Å². The van der Waals surface area contributed by atoms with Crippen molar-refractivity contribution in [2.75, 3.05) is 14.2 Å². The minimum absolute atomic E-state index is 0.103. The van der Waals surface area contributed by atoms with Gasteiger partial charge >= 0.3 is 0 Å². The number of hydrogen-bond acceptors (Lipinski definition) is 4. The summed E-state index contributed by atoms with van der Waals surface area (Å²) in [4.78, 5) is 13.2. The summed E-state index contributed by atoms with van der Waals surface area (Å²) < 4.78 is 11.4. The van der Waals surface area contributed by atoms with Crippen LogP contribution in [0.25, 0.3) is 6.08 Å². The Labute approximate surface area is 130 Å². The molecule has 0 aliphatic heterocycles. The van der Waals surface area contributed by atoms with E-state index in [1.807, 2.05) is 12.1 Å². The first-order valence-corrected chi connectivity index (χ1v) is 7.44. The Kier molecular flexibility index (Phi) is 4.98. The Morgan fingerprint density at radius 1 is 1.20 bits per heavy atom. The van der Waals surface area contributed by atoms with Gasteiger partial charge in [0.05, 0.1) is 23.6 Å². The van der Waals surface area contributed by atoms with Gasteiger partial charge in [-0.2, -0.15) is 0 Å². The van der Waals surface area contributed by atoms with Gasteiger partial charge in [-0.1, -0.05) is 0 Å². The molecule has 0 radical (unpaired) electrons. The summed E-state index contributed by atoms with van der Waals surface area (Å²) in [5, 5.41) is 0. The van der Waals surface area contributed by atoms with E-state index in [0.717, 1.165) is 8.66 Å². The average Bonchev–Trinajstić information content (AvgIpc) is 2.89. The standard InChI is InChI=1S/C15H13BrO3S/c1-18-10-3-6-12(14(9-10)19-2)13(17)7-4-11-5-8-15(16)20-11/h3-9H,1-2H3/b7-4+. The molecular formula is C15H13BrO3S. The van der Waals surface area contributed by atoms with Crippen molar-refractivity contribution in [2.24, 2.45) is 0 Å². The zero-order valence-corrected chi connectivity index (χ0v) is 13.5. The molecular weight excluding hydrogens is 340 g/mol. The molecule has 0 aliphatic carbocycles. The van der Waals surface area contributed by atoms with Crippen LogP contribution < -0.4 is 9.47 Å². The van der Waals surface area contributed by atoms with Gasteiger partial charge in [-0.25, -0.2) is 0 Å². The number of benzene rings is 1. The Balaban J connectivity index is 2.22. The first-order valence-electron chi connectivity index (χ1n) is 5.84. The van der Waals surface area contributed by atoms with E-state index in [1.165, 1.54) is 7.11 Å². The lowest BCUT2D eigenvalue weighted by Crippen LogP contribution is -1.99.